The van der Waals surface area contributed by atoms with Gasteiger partial charge in [-0.2, -0.15) is 0 Å². The predicted molar refractivity (Wildman–Crippen MR) is 107 cm³/mol. The van der Waals surface area contributed by atoms with Crippen molar-refractivity contribution in [2.75, 3.05) is 25.6 Å². The molecule has 1 aliphatic heterocycles. The first kappa shape index (κ1) is 18.2. The molecule has 144 valence electrons. The van der Waals surface area contributed by atoms with Gasteiger partial charge in [0.2, 0.25) is 0 Å². The maximum absolute atomic E-state index is 12.5. The largest absolute Gasteiger partial charge is 0.497 e. The summed E-state index contributed by atoms with van der Waals surface area (Å²) >= 11 is 1.38. The van der Waals surface area contributed by atoms with Crippen molar-refractivity contribution in [2.45, 2.75) is 6.61 Å². The van der Waals surface area contributed by atoms with E-state index in [2.05, 4.69) is 5.32 Å². The van der Waals surface area contributed by atoms with Gasteiger partial charge in [0, 0.05) is 23.4 Å². The van der Waals surface area contributed by atoms with Crippen LogP contribution in [0.1, 0.15) is 15.2 Å². The second-order valence-corrected chi connectivity index (χ2v) is 7.01. The lowest BCUT2D eigenvalue weighted by Gasteiger charge is -2.18. The fraction of sp³-hybridized carbons (Fsp3) is 0.190. The SMILES string of the molecule is COc1cccc(OCc2csc(C(=O)Nc3ccc4c(c3)OCCO4)c2)c1. The summed E-state index contributed by atoms with van der Waals surface area (Å²) in [7, 11) is 1.62. The highest BCUT2D eigenvalue weighted by Crippen LogP contribution is 2.33. The van der Waals surface area contributed by atoms with Crippen molar-refractivity contribution in [3.05, 3.63) is 64.4 Å². The minimum absolute atomic E-state index is 0.172. The van der Waals surface area contributed by atoms with Gasteiger partial charge in [-0.25, -0.2) is 0 Å². The summed E-state index contributed by atoms with van der Waals surface area (Å²) in [5, 5.41) is 4.80. The zero-order valence-corrected chi connectivity index (χ0v) is 16.1. The minimum atomic E-state index is -0.172. The van der Waals surface area contributed by atoms with Crippen molar-refractivity contribution in [3.63, 3.8) is 0 Å². The Balaban J connectivity index is 1.37. The predicted octanol–water partition coefficient (Wildman–Crippen LogP) is 4.36. The number of anilines is 1. The molecule has 0 unspecified atom stereocenters. The summed E-state index contributed by atoms with van der Waals surface area (Å²) in [4.78, 5) is 13.1. The Morgan fingerprint density at radius 2 is 1.89 bits per heavy atom. The van der Waals surface area contributed by atoms with Crippen LogP contribution in [-0.4, -0.2) is 26.2 Å². The second kappa shape index (κ2) is 8.22. The van der Waals surface area contributed by atoms with Gasteiger partial charge in [-0.15, -0.1) is 11.3 Å². The lowest BCUT2D eigenvalue weighted by molar-refractivity contribution is 0.103. The van der Waals surface area contributed by atoms with Crippen LogP contribution in [0.5, 0.6) is 23.0 Å². The summed E-state index contributed by atoms with van der Waals surface area (Å²) in [6.07, 6.45) is 0. The van der Waals surface area contributed by atoms with Gasteiger partial charge < -0.3 is 24.3 Å². The van der Waals surface area contributed by atoms with E-state index in [-0.39, 0.29) is 5.91 Å². The molecule has 2 aromatic carbocycles. The third-order valence-electron chi connectivity index (χ3n) is 4.12. The highest BCUT2D eigenvalue weighted by Gasteiger charge is 2.14. The second-order valence-electron chi connectivity index (χ2n) is 6.10. The Bertz CT molecular complexity index is 984. The van der Waals surface area contributed by atoms with E-state index in [0.717, 1.165) is 11.3 Å². The summed E-state index contributed by atoms with van der Waals surface area (Å²) in [6.45, 7) is 1.42. The fourth-order valence-corrected chi connectivity index (χ4v) is 3.53. The maximum Gasteiger partial charge on any atom is 0.265 e. The van der Waals surface area contributed by atoms with E-state index in [0.29, 0.717) is 47.6 Å². The number of carbonyl (C=O) groups excluding carboxylic acids is 1. The zero-order valence-electron chi connectivity index (χ0n) is 15.3. The van der Waals surface area contributed by atoms with Gasteiger partial charge in [-0.05, 0) is 35.7 Å². The first-order valence-electron chi connectivity index (χ1n) is 8.76. The summed E-state index contributed by atoms with van der Waals surface area (Å²) in [5.74, 6) is 2.62. The van der Waals surface area contributed by atoms with Crippen molar-refractivity contribution < 1.29 is 23.7 Å². The van der Waals surface area contributed by atoms with Gasteiger partial charge >= 0.3 is 0 Å². The first-order chi connectivity index (χ1) is 13.7. The molecule has 3 aromatic rings. The number of ether oxygens (including phenoxy) is 4. The molecule has 4 rings (SSSR count). The maximum atomic E-state index is 12.5. The summed E-state index contributed by atoms with van der Waals surface area (Å²) < 4.78 is 22.0. The lowest BCUT2D eigenvalue weighted by atomic mass is 10.2. The van der Waals surface area contributed by atoms with Crippen LogP contribution in [0.2, 0.25) is 0 Å². The Morgan fingerprint density at radius 1 is 1.07 bits per heavy atom. The van der Waals surface area contributed by atoms with E-state index in [4.69, 9.17) is 18.9 Å². The molecular formula is C21H19NO5S. The van der Waals surface area contributed by atoms with Crippen LogP contribution in [0.15, 0.2) is 53.9 Å². The van der Waals surface area contributed by atoms with Crippen LogP contribution in [0.25, 0.3) is 0 Å². The average Bonchev–Trinajstić information content (AvgIpc) is 3.21. The quantitative estimate of drug-likeness (QED) is 0.670. The monoisotopic (exact) mass is 397 g/mol. The number of rotatable bonds is 6. The molecule has 1 N–H and O–H groups in total. The van der Waals surface area contributed by atoms with E-state index in [1.54, 1.807) is 25.3 Å². The van der Waals surface area contributed by atoms with Crippen molar-refractivity contribution in [1.29, 1.82) is 0 Å². The van der Waals surface area contributed by atoms with Gasteiger partial charge in [-0.1, -0.05) is 6.07 Å². The highest BCUT2D eigenvalue weighted by molar-refractivity contribution is 7.12. The van der Waals surface area contributed by atoms with Crippen molar-refractivity contribution >= 4 is 22.9 Å². The number of nitrogens with one attached hydrogen (secondary N) is 1. The number of methoxy groups -OCH3 is 1. The van der Waals surface area contributed by atoms with Crippen LogP contribution < -0.4 is 24.3 Å². The van der Waals surface area contributed by atoms with E-state index in [9.17, 15) is 4.79 Å². The molecule has 0 bridgehead atoms. The van der Waals surface area contributed by atoms with Gasteiger partial charge in [0.1, 0.15) is 31.3 Å². The molecule has 6 nitrogen and oxygen atoms in total. The number of hydrogen-bond acceptors (Lipinski definition) is 6. The van der Waals surface area contributed by atoms with E-state index >= 15 is 0 Å². The Labute approximate surface area is 166 Å². The molecule has 0 spiro atoms. The molecule has 1 aliphatic rings. The molecule has 0 saturated heterocycles. The first-order valence-corrected chi connectivity index (χ1v) is 9.64. The van der Waals surface area contributed by atoms with Gasteiger partial charge in [-0.3, -0.25) is 4.79 Å². The van der Waals surface area contributed by atoms with Crippen LogP contribution in [0.3, 0.4) is 0 Å². The smallest absolute Gasteiger partial charge is 0.265 e. The minimum Gasteiger partial charge on any atom is -0.497 e. The number of benzene rings is 2. The van der Waals surface area contributed by atoms with Crippen LogP contribution in [0, 0.1) is 0 Å². The molecule has 0 saturated carbocycles. The molecule has 0 radical (unpaired) electrons. The third kappa shape index (κ3) is 4.20. The molecule has 2 heterocycles. The molecule has 7 heteroatoms. The topological polar surface area (TPSA) is 66.0 Å². The number of fused-ring (bicyclic) bond motifs is 1. The summed E-state index contributed by atoms with van der Waals surface area (Å²) in [6, 6.07) is 14.6. The van der Waals surface area contributed by atoms with Gasteiger partial charge in [0.05, 0.1) is 12.0 Å². The highest BCUT2D eigenvalue weighted by atomic mass is 32.1. The average molecular weight is 397 g/mol. The Morgan fingerprint density at radius 3 is 2.75 bits per heavy atom. The number of amides is 1. The zero-order chi connectivity index (χ0) is 19.3. The van der Waals surface area contributed by atoms with E-state index in [1.165, 1.54) is 11.3 Å². The molecule has 28 heavy (non-hydrogen) atoms. The van der Waals surface area contributed by atoms with Crippen molar-refractivity contribution in [1.82, 2.24) is 0 Å². The van der Waals surface area contributed by atoms with E-state index in [1.807, 2.05) is 35.7 Å². The molecule has 0 fully saturated rings. The van der Waals surface area contributed by atoms with Gasteiger partial charge in [0.25, 0.3) is 5.91 Å². The normalized spacial score (nSPS) is 12.3. The number of carbonyl (C=O) groups is 1. The van der Waals surface area contributed by atoms with Gasteiger partial charge in [0.15, 0.2) is 11.5 Å². The molecule has 1 amide bonds. The number of thiophene rings is 1. The molecule has 1 aromatic heterocycles. The van der Waals surface area contributed by atoms with Crippen LogP contribution >= 0.6 is 11.3 Å². The molecule has 0 atom stereocenters. The van der Waals surface area contributed by atoms with E-state index < -0.39 is 0 Å². The molecular weight excluding hydrogens is 378 g/mol. The Hall–Kier alpha value is -3.19. The van der Waals surface area contributed by atoms with Crippen molar-refractivity contribution in [3.8, 4) is 23.0 Å². The van der Waals surface area contributed by atoms with Crippen LogP contribution in [-0.2, 0) is 6.61 Å². The summed E-state index contributed by atoms with van der Waals surface area (Å²) in [5.41, 5.74) is 1.59. The fourth-order valence-electron chi connectivity index (χ4n) is 2.74. The standard InChI is InChI=1S/C21H19NO5S/c1-24-16-3-2-4-17(11-16)27-12-14-9-20(28-13-14)21(23)22-15-5-6-18-19(10-15)26-8-7-25-18/h2-6,9-11,13H,7-8,12H2,1H3,(H,22,23). The van der Waals surface area contributed by atoms with Crippen molar-refractivity contribution in [2.24, 2.45) is 0 Å². The van der Waals surface area contributed by atoms with Crippen LogP contribution in [0.4, 0.5) is 5.69 Å². The third-order valence-corrected chi connectivity index (χ3v) is 5.10. The Kier molecular flexibility index (Phi) is 5.34. The lowest BCUT2D eigenvalue weighted by Crippen LogP contribution is -2.16. The molecule has 0 aliphatic carbocycles. The number of hydrogen-bond donors (Lipinski definition) is 1.